The average Bonchev–Trinajstić information content (AvgIpc) is 2.76. The second-order valence-electron chi connectivity index (χ2n) is 10.0. The van der Waals surface area contributed by atoms with Crippen molar-refractivity contribution in [3.8, 4) is 0 Å². The van der Waals surface area contributed by atoms with E-state index in [1.807, 2.05) is 51.1 Å². The normalized spacial score (nSPS) is 17.6. The Morgan fingerprint density at radius 3 is 2.27 bits per heavy atom. The zero-order chi connectivity index (χ0) is 24.6. The molecule has 184 valence electrons. The van der Waals surface area contributed by atoms with Gasteiger partial charge in [0.1, 0.15) is 6.17 Å². The van der Waals surface area contributed by atoms with Crippen molar-refractivity contribution in [3.63, 3.8) is 0 Å². The first-order chi connectivity index (χ1) is 15.5. The molecular formula is C25H40N4O4. The van der Waals surface area contributed by atoms with E-state index in [9.17, 15) is 19.5 Å². The van der Waals surface area contributed by atoms with Crippen LogP contribution in [0.3, 0.4) is 0 Å². The number of nitrogens with zero attached hydrogens (tertiary/aromatic N) is 1. The summed E-state index contributed by atoms with van der Waals surface area (Å²) in [6, 6.07) is 8.57. The van der Waals surface area contributed by atoms with Gasteiger partial charge in [0, 0.05) is 11.5 Å². The van der Waals surface area contributed by atoms with Gasteiger partial charge in [0.05, 0.1) is 18.6 Å². The molecule has 1 aromatic rings. The molecule has 0 bridgehead atoms. The molecule has 0 saturated heterocycles. The summed E-state index contributed by atoms with van der Waals surface area (Å²) >= 11 is 0. The molecule has 0 spiro atoms. The highest BCUT2D eigenvalue weighted by molar-refractivity contribution is 5.88. The monoisotopic (exact) mass is 460 g/mol. The predicted molar refractivity (Wildman–Crippen MR) is 128 cm³/mol. The molecule has 8 heteroatoms. The maximum Gasteiger partial charge on any atom is 0.239 e. The van der Waals surface area contributed by atoms with Crippen LogP contribution in [0.15, 0.2) is 30.3 Å². The van der Waals surface area contributed by atoms with Gasteiger partial charge >= 0.3 is 0 Å². The number of rotatable bonds is 10. The maximum absolute atomic E-state index is 13.7. The van der Waals surface area contributed by atoms with Crippen LogP contribution in [0.5, 0.6) is 0 Å². The van der Waals surface area contributed by atoms with Gasteiger partial charge in [-0.3, -0.25) is 14.4 Å². The molecule has 1 aliphatic rings. The van der Waals surface area contributed by atoms with Crippen LogP contribution < -0.4 is 16.8 Å². The Bertz CT molecular complexity index is 787. The Kier molecular flexibility index (Phi) is 9.86. The molecule has 33 heavy (non-hydrogen) atoms. The van der Waals surface area contributed by atoms with Crippen LogP contribution in [-0.2, 0) is 20.8 Å². The number of nitrogens with two attached hydrogens (primary N) is 2. The van der Waals surface area contributed by atoms with Crippen molar-refractivity contribution in [3.05, 3.63) is 35.9 Å². The van der Waals surface area contributed by atoms with Crippen molar-refractivity contribution < 1.29 is 19.5 Å². The number of nitrogens with one attached hydrogen (secondary N) is 1. The predicted octanol–water partition coefficient (Wildman–Crippen LogP) is 1.83. The Morgan fingerprint density at radius 1 is 1.12 bits per heavy atom. The number of aliphatic hydroxyl groups excluding tert-OH is 1. The van der Waals surface area contributed by atoms with Crippen molar-refractivity contribution in [1.29, 1.82) is 0 Å². The lowest BCUT2D eigenvalue weighted by Crippen LogP contribution is -2.65. The van der Waals surface area contributed by atoms with E-state index < -0.39 is 35.7 Å². The highest BCUT2D eigenvalue weighted by Gasteiger charge is 2.41. The van der Waals surface area contributed by atoms with Crippen LogP contribution in [0.2, 0.25) is 0 Å². The summed E-state index contributed by atoms with van der Waals surface area (Å²) in [5.74, 6) is -1.53. The molecule has 0 radical (unpaired) electrons. The number of carbonyl (C=O) groups excluding carboxylic acids is 3. The Morgan fingerprint density at radius 2 is 1.73 bits per heavy atom. The SMILES string of the molecule is CC(C)(C)N(C(=O)C1CCCCC1)[C@@H](NC(=O)[C@@H](N)CC(N)=O)[C@H](O)CCc1ccccc1. The first-order valence-electron chi connectivity index (χ1n) is 11.9. The lowest BCUT2D eigenvalue weighted by atomic mass is 9.86. The Labute approximate surface area is 197 Å². The third-order valence-electron chi connectivity index (χ3n) is 6.18. The van der Waals surface area contributed by atoms with Crippen LogP contribution in [0.25, 0.3) is 0 Å². The fraction of sp³-hybridized carbons (Fsp3) is 0.640. The van der Waals surface area contributed by atoms with Gasteiger partial charge in [0.25, 0.3) is 0 Å². The van der Waals surface area contributed by atoms with Crippen LogP contribution in [0.4, 0.5) is 0 Å². The van der Waals surface area contributed by atoms with E-state index in [0.29, 0.717) is 12.8 Å². The van der Waals surface area contributed by atoms with Crippen molar-refractivity contribution in [1.82, 2.24) is 10.2 Å². The van der Waals surface area contributed by atoms with Gasteiger partial charge in [-0.15, -0.1) is 0 Å². The summed E-state index contributed by atoms with van der Waals surface area (Å²) in [6.07, 6.45) is 3.29. The number of benzene rings is 1. The minimum atomic E-state index is -1.15. The van der Waals surface area contributed by atoms with E-state index in [2.05, 4.69) is 5.32 Å². The van der Waals surface area contributed by atoms with E-state index in [0.717, 1.165) is 37.7 Å². The zero-order valence-corrected chi connectivity index (χ0v) is 20.1. The highest BCUT2D eigenvalue weighted by Crippen LogP contribution is 2.30. The number of carbonyl (C=O) groups is 3. The van der Waals surface area contributed by atoms with Gasteiger partial charge in [-0.1, -0.05) is 49.6 Å². The molecule has 1 fully saturated rings. The number of hydrogen-bond acceptors (Lipinski definition) is 5. The number of primary amides is 1. The standard InChI is InChI=1S/C25H40N4O4/c1-25(2,3)29(24(33)18-12-8-5-9-13-18)22(28-23(32)19(26)16-21(27)31)20(30)15-14-17-10-6-4-7-11-17/h4,6-7,10-11,18-20,22,30H,5,8-9,12-16,26H2,1-3H3,(H2,27,31)(H,28,32)/t19-,20+,22+/m0/s1. The minimum Gasteiger partial charge on any atom is -0.389 e. The average molecular weight is 461 g/mol. The van der Waals surface area contributed by atoms with Gasteiger partial charge in [-0.05, 0) is 52.0 Å². The molecule has 0 aromatic heterocycles. The van der Waals surface area contributed by atoms with Crippen molar-refractivity contribution >= 4 is 17.7 Å². The molecular weight excluding hydrogens is 420 g/mol. The molecule has 0 unspecified atom stereocenters. The fourth-order valence-corrected chi connectivity index (χ4v) is 4.44. The first-order valence-corrected chi connectivity index (χ1v) is 11.9. The van der Waals surface area contributed by atoms with Crippen LogP contribution >= 0.6 is 0 Å². The van der Waals surface area contributed by atoms with Gasteiger partial charge < -0.3 is 26.8 Å². The molecule has 6 N–H and O–H groups in total. The topological polar surface area (TPSA) is 139 Å². The molecule has 1 aromatic carbocycles. The Balaban J connectivity index is 2.30. The summed E-state index contributed by atoms with van der Waals surface area (Å²) in [6.45, 7) is 5.67. The van der Waals surface area contributed by atoms with Crippen molar-refractivity contribution in [2.45, 2.75) is 96.0 Å². The summed E-state index contributed by atoms with van der Waals surface area (Å²) < 4.78 is 0. The molecule has 1 saturated carbocycles. The number of aliphatic hydroxyl groups is 1. The van der Waals surface area contributed by atoms with E-state index in [1.165, 1.54) is 0 Å². The highest BCUT2D eigenvalue weighted by atomic mass is 16.3. The van der Waals surface area contributed by atoms with Crippen LogP contribution in [-0.4, -0.2) is 51.6 Å². The fourth-order valence-electron chi connectivity index (χ4n) is 4.44. The van der Waals surface area contributed by atoms with Gasteiger partial charge in [-0.2, -0.15) is 0 Å². The van der Waals surface area contributed by atoms with E-state index >= 15 is 0 Å². The van der Waals surface area contributed by atoms with Crippen LogP contribution in [0.1, 0.15) is 71.3 Å². The largest absolute Gasteiger partial charge is 0.389 e. The summed E-state index contributed by atoms with van der Waals surface area (Å²) in [7, 11) is 0. The van der Waals surface area contributed by atoms with E-state index in [-0.39, 0.29) is 18.2 Å². The molecule has 3 amide bonds. The second kappa shape index (κ2) is 12.1. The molecule has 0 aliphatic heterocycles. The third-order valence-corrected chi connectivity index (χ3v) is 6.18. The molecule has 3 atom stereocenters. The summed E-state index contributed by atoms with van der Waals surface area (Å²) in [5.41, 5.74) is 11.4. The lowest BCUT2D eigenvalue weighted by Gasteiger charge is -2.46. The van der Waals surface area contributed by atoms with Crippen molar-refractivity contribution in [2.75, 3.05) is 0 Å². The van der Waals surface area contributed by atoms with E-state index in [1.54, 1.807) is 4.90 Å². The van der Waals surface area contributed by atoms with Gasteiger partial charge in [0.15, 0.2) is 0 Å². The zero-order valence-electron chi connectivity index (χ0n) is 20.1. The van der Waals surface area contributed by atoms with Gasteiger partial charge in [0.2, 0.25) is 17.7 Å². The van der Waals surface area contributed by atoms with Crippen LogP contribution in [0, 0.1) is 5.92 Å². The second-order valence-corrected chi connectivity index (χ2v) is 10.0. The van der Waals surface area contributed by atoms with Gasteiger partial charge in [-0.25, -0.2) is 0 Å². The van der Waals surface area contributed by atoms with Crippen molar-refractivity contribution in [2.24, 2.45) is 17.4 Å². The smallest absolute Gasteiger partial charge is 0.239 e. The molecule has 1 aliphatic carbocycles. The number of hydrogen-bond donors (Lipinski definition) is 4. The summed E-state index contributed by atoms with van der Waals surface area (Å²) in [5, 5.41) is 14.0. The van der Waals surface area contributed by atoms with E-state index in [4.69, 9.17) is 11.5 Å². The first kappa shape index (κ1) is 26.8. The summed E-state index contributed by atoms with van der Waals surface area (Å²) in [4.78, 5) is 39.3. The number of amides is 3. The molecule has 0 heterocycles. The maximum atomic E-state index is 13.7. The third kappa shape index (κ3) is 8.12. The molecule has 2 rings (SSSR count). The number of aryl methyl sites for hydroxylation is 1. The Hall–Kier alpha value is -2.45. The quantitative estimate of drug-likeness (QED) is 0.395. The molecule has 8 nitrogen and oxygen atoms in total. The minimum absolute atomic E-state index is 0.0743. The lowest BCUT2D eigenvalue weighted by molar-refractivity contribution is -0.152.